The minimum Gasteiger partial charge on any atom is -0.438 e. The molecule has 4 nitrogen and oxygen atoms in total. The van der Waals surface area contributed by atoms with Crippen molar-refractivity contribution in [3.63, 3.8) is 0 Å². The largest absolute Gasteiger partial charge is 0.507 e. The molecule has 11 heavy (non-hydrogen) atoms. The summed E-state index contributed by atoms with van der Waals surface area (Å²) in [6.07, 6.45) is 0.00441. The van der Waals surface area contributed by atoms with Crippen molar-refractivity contribution < 1.29 is 19.1 Å². The Bertz CT molecular complexity index is 125. The highest BCUT2D eigenvalue weighted by Crippen LogP contribution is 1.91. The van der Waals surface area contributed by atoms with Crippen molar-refractivity contribution in [3.8, 4) is 0 Å². The smallest absolute Gasteiger partial charge is 0.438 e. The zero-order valence-electron chi connectivity index (χ0n) is 6.75. The van der Waals surface area contributed by atoms with Crippen LogP contribution in [0.3, 0.4) is 0 Å². The number of carbonyl (C=O) groups is 2. The van der Waals surface area contributed by atoms with Crippen LogP contribution in [0.15, 0.2) is 0 Å². The first-order valence-corrected chi connectivity index (χ1v) is 3.43. The number of ether oxygens (including phenoxy) is 2. The maximum absolute atomic E-state index is 10.6. The maximum atomic E-state index is 10.6. The number of hydrogen-bond acceptors (Lipinski definition) is 4. The second kappa shape index (κ2) is 5.70. The molecule has 0 heterocycles. The minimum absolute atomic E-state index is 0.0777. The fourth-order valence-electron chi connectivity index (χ4n) is 0.484. The van der Waals surface area contributed by atoms with E-state index in [0.29, 0.717) is 6.42 Å². The SMILES string of the molecule is CCC(=O)CCOC(=O)OC. The van der Waals surface area contributed by atoms with E-state index in [9.17, 15) is 9.59 Å². The van der Waals surface area contributed by atoms with Gasteiger partial charge in [-0.3, -0.25) is 4.79 Å². The van der Waals surface area contributed by atoms with Gasteiger partial charge in [-0.15, -0.1) is 0 Å². The first-order chi connectivity index (χ1) is 5.20. The van der Waals surface area contributed by atoms with Gasteiger partial charge in [0.05, 0.1) is 7.11 Å². The molecule has 0 saturated carbocycles. The normalized spacial score (nSPS) is 8.91. The quantitative estimate of drug-likeness (QED) is 0.578. The van der Waals surface area contributed by atoms with Crippen molar-refractivity contribution in [1.82, 2.24) is 0 Å². The zero-order chi connectivity index (χ0) is 8.69. The van der Waals surface area contributed by atoms with Crippen molar-refractivity contribution in [2.24, 2.45) is 0 Å². The van der Waals surface area contributed by atoms with E-state index in [1.165, 1.54) is 7.11 Å². The lowest BCUT2D eigenvalue weighted by Gasteiger charge is -2.00. The van der Waals surface area contributed by atoms with Crippen LogP contribution in [0.5, 0.6) is 0 Å². The van der Waals surface area contributed by atoms with E-state index in [1.54, 1.807) is 6.92 Å². The Morgan fingerprint density at radius 2 is 2.00 bits per heavy atom. The molecule has 0 spiro atoms. The zero-order valence-corrected chi connectivity index (χ0v) is 6.75. The molecule has 0 aromatic rings. The van der Waals surface area contributed by atoms with Gasteiger partial charge in [-0.05, 0) is 0 Å². The summed E-state index contributed by atoms with van der Waals surface area (Å²) in [6, 6.07) is 0. The summed E-state index contributed by atoms with van der Waals surface area (Å²) in [6.45, 7) is 1.87. The standard InChI is InChI=1S/C7H12O4/c1-3-6(8)4-5-11-7(9)10-2/h3-5H2,1-2H3. The van der Waals surface area contributed by atoms with E-state index in [-0.39, 0.29) is 18.8 Å². The highest BCUT2D eigenvalue weighted by Gasteiger charge is 2.02. The number of ketones is 1. The molecule has 0 aromatic carbocycles. The summed E-state index contributed by atoms with van der Waals surface area (Å²) in [5, 5.41) is 0. The number of Topliss-reactive ketones (excluding diaryl/α,β-unsaturated/α-hetero) is 1. The molecule has 64 valence electrons. The Morgan fingerprint density at radius 1 is 1.36 bits per heavy atom. The summed E-state index contributed by atoms with van der Waals surface area (Å²) < 4.78 is 8.67. The molecule has 0 amide bonds. The first-order valence-electron chi connectivity index (χ1n) is 3.43. The number of methoxy groups -OCH3 is 1. The van der Waals surface area contributed by atoms with Gasteiger partial charge in [0.1, 0.15) is 12.4 Å². The lowest BCUT2D eigenvalue weighted by atomic mass is 10.2. The Morgan fingerprint density at radius 3 is 2.45 bits per heavy atom. The van der Waals surface area contributed by atoms with E-state index in [1.807, 2.05) is 0 Å². The molecule has 0 aliphatic carbocycles. The first kappa shape index (κ1) is 9.94. The molecule has 4 heteroatoms. The lowest BCUT2D eigenvalue weighted by molar-refractivity contribution is -0.119. The molecule has 0 rings (SSSR count). The van der Waals surface area contributed by atoms with Gasteiger partial charge in [0.2, 0.25) is 0 Å². The molecule has 0 aliphatic heterocycles. The van der Waals surface area contributed by atoms with Crippen LogP contribution in [0.25, 0.3) is 0 Å². The van der Waals surface area contributed by atoms with Gasteiger partial charge in [0.15, 0.2) is 0 Å². The third-order valence-electron chi connectivity index (χ3n) is 1.16. The van der Waals surface area contributed by atoms with Crippen LogP contribution < -0.4 is 0 Å². The molecular weight excluding hydrogens is 148 g/mol. The van der Waals surface area contributed by atoms with Gasteiger partial charge in [0, 0.05) is 12.8 Å². The molecular formula is C7H12O4. The predicted octanol–water partition coefficient (Wildman–Crippen LogP) is 1.14. The van der Waals surface area contributed by atoms with E-state index < -0.39 is 6.16 Å². The highest BCUT2D eigenvalue weighted by molar-refractivity contribution is 5.78. The average Bonchev–Trinajstić information content (AvgIpc) is 2.04. The number of rotatable bonds is 4. The van der Waals surface area contributed by atoms with Gasteiger partial charge >= 0.3 is 6.16 Å². The summed E-state index contributed by atoms with van der Waals surface area (Å²) in [5.74, 6) is 0.0777. The molecule has 0 saturated heterocycles. The van der Waals surface area contributed by atoms with Crippen molar-refractivity contribution in [1.29, 1.82) is 0 Å². The van der Waals surface area contributed by atoms with E-state index in [2.05, 4.69) is 9.47 Å². The van der Waals surface area contributed by atoms with Crippen LogP contribution in [-0.2, 0) is 14.3 Å². The van der Waals surface area contributed by atoms with Gasteiger partial charge in [0.25, 0.3) is 0 Å². The lowest BCUT2D eigenvalue weighted by Crippen LogP contribution is -2.08. The van der Waals surface area contributed by atoms with Gasteiger partial charge in [-0.1, -0.05) is 6.92 Å². The van der Waals surface area contributed by atoms with E-state index in [4.69, 9.17) is 0 Å². The fourth-order valence-corrected chi connectivity index (χ4v) is 0.484. The third-order valence-corrected chi connectivity index (χ3v) is 1.16. The monoisotopic (exact) mass is 160 g/mol. The molecule has 0 radical (unpaired) electrons. The highest BCUT2D eigenvalue weighted by atomic mass is 16.7. The Labute approximate surface area is 65.5 Å². The Balaban J connectivity index is 3.27. The molecule has 0 unspecified atom stereocenters. The molecule has 0 N–H and O–H groups in total. The van der Waals surface area contributed by atoms with Gasteiger partial charge < -0.3 is 9.47 Å². The topological polar surface area (TPSA) is 52.6 Å². The molecule has 0 aromatic heterocycles. The van der Waals surface area contributed by atoms with Crippen LogP contribution in [-0.4, -0.2) is 25.7 Å². The molecule has 0 aliphatic rings. The summed E-state index contributed by atoms with van der Waals surface area (Å²) in [7, 11) is 1.23. The number of carbonyl (C=O) groups excluding carboxylic acids is 2. The molecule has 0 bridgehead atoms. The van der Waals surface area contributed by atoms with E-state index in [0.717, 1.165) is 0 Å². The van der Waals surface area contributed by atoms with Crippen molar-refractivity contribution in [3.05, 3.63) is 0 Å². The molecule has 0 atom stereocenters. The Hall–Kier alpha value is -1.06. The van der Waals surface area contributed by atoms with Crippen LogP contribution in [0.2, 0.25) is 0 Å². The summed E-state index contributed by atoms with van der Waals surface area (Å²) in [4.78, 5) is 21.0. The fraction of sp³-hybridized carbons (Fsp3) is 0.714. The second-order valence-corrected chi connectivity index (χ2v) is 1.94. The van der Waals surface area contributed by atoms with Crippen molar-refractivity contribution in [2.75, 3.05) is 13.7 Å². The summed E-state index contributed by atoms with van der Waals surface area (Å²) >= 11 is 0. The number of hydrogen-bond donors (Lipinski definition) is 0. The second-order valence-electron chi connectivity index (χ2n) is 1.94. The molecule has 0 fully saturated rings. The van der Waals surface area contributed by atoms with Gasteiger partial charge in [-0.2, -0.15) is 0 Å². The average molecular weight is 160 g/mol. The van der Waals surface area contributed by atoms with Crippen molar-refractivity contribution >= 4 is 11.9 Å². The summed E-state index contributed by atoms with van der Waals surface area (Å²) in [5.41, 5.74) is 0. The van der Waals surface area contributed by atoms with Crippen molar-refractivity contribution in [2.45, 2.75) is 19.8 Å². The van der Waals surface area contributed by atoms with E-state index >= 15 is 0 Å². The maximum Gasteiger partial charge on any atom is 0.507 e. The van der Waals surface area contributed by atoms with Crippen LogP contribution in [0.1, 0.15) is 19.8 Å². The van der Waals surface area contributed by atoms with Crippen LogP contribution in [0.4, 0.5) is 4.79 Å². The van der Waals surface area contributed by atoms with Gasteiger partial charge in [-0.25, -0.2) is 4.79 Å². The Kier molecular flexibility index (Phi) is 5.15. The minimum atomic E-state index is -0.742. The third kappa shape index (κ3) is 5.39. The van der Waals surface area contributed by atoms with Crippen LogP contribution >= 0.6 is 0 Å². The van der Waals surface area contributed by atoms with Crippen LogP contribution in [0, 0.1) is 0 Å². The predicted molar refractivity (Wildman–Crippen MR) is 38.3 cm³/mol.